The molecule has 0 radical (unpaired) electrons. The van der Waals surface area contributed by atoms with Crippen molar-refractivity contribution in [1.29, 1.82) is 0 Å². The highest BCUT2D eigenvalue weighted by molar-refractivity contribution is 9.10. The van der Waals surface area contributed by atoms with Crippen LogP contribution >= 0.6 is 15.9 Å². The Kier molecular flexibility index (Phi) is 11.0. The van der Waals surface area contributed by atoms with E-state index >= 15 is 0 Å². The standard InChI is InChI=1S/C31H36BrN5O5/c1-41-27-18-21-15-17-37(20-22(21)19-28(27)42-2)29(38)26(36-31(40)35-25-13-11-23(32)12-14-25)10-6-7-16-33-30(39)34-24-8-4-3-5-9-24/h3-5,8-9,11-14,18-19,26H,6-7,10,15-17,20H2,1-2H3,(H2,33,34,39)(H2,35,36,40). The summed E-state index contributed by atoms with van der Waals surface area (Å²) in [6.45, 7) is 1.36. The molecular weight excluding hydrogens is 602 g/mol. The van der Waals surface area contributed by atoms with E-state index in [2.05, 4.69) is 37.2 Å². The molecule has 1 heterocycles. The summed E-state index contributed by atoms with van der Waals surface area (Å²) in [6.07, 6.45) is 2.35. The zero-order valence-corrected chi connectivity index (χ0v) is 25.3. The third-order valence-electron chi connectivity index (χ3n) is 6.97. The van der Waals surface area contributed by atoms with E-state index in [9.17, 15) is 14.4 Å². The Balaban J connectivity index is 1.36. The molecule has 3 aromatic rings. The summed E-state index contributed by atoms with van der Waals surface area (Å²) in [5, 5.41) is 11.3. The molecule has 222 valence electrons. The van der Waals surface area contributed by atoms with Crippen molar-refractivity contribution in [3.63, 3.8) is 0 Å². The number of benzene rings is 3. The lowest BCUT2D eigenvalue weighted by atomic mass is 9.97. The maximum atomic E-state index is 13.7. The van der Waals surface area contributed by atoms with Crippen LogP contribution in [0.25, 0.3) is 0 Å². The van der Waals surface area contributed by atoms with Crippen LogP contribution in [0.15, 0.2) is 71.2 Å². The number of para-hydroxylation sites is 1. The van der Waals surface area contributed by atoms with Crippen LogP contribution in [-0.2, 0) is 17.8 Å². The van der Waals surface area contributed by atoms with Gasteiger partial charge in [0.2, 0.25) is 5.91 Å². The second-order valence-corrected chi connectivity index (χ2v) is 10.8. The van der Waals surface area contributed by atoms with E-state index in [1.165, 1.54) is 0 Å². The lowest BCUT2D eigenvalue weighted by Crippen LogP contribution is -2.50. The van der Waals surface area contributed by atoms with Crippen molar-refractivity contribution in [2.24, 2.45) is 0 Å². The minimum Gasteiger partial charge on any atom is -0.493 e. The summed E-state index contributed by atoms with van der Waals surface area (Å²) in [6, 6.07) is 18.8. The van der Waals surface area contributed by atoms with Gasteiger partial charge in [-0.1, -0.05) is 34.1 Å². The van der Waals surface area contributed by atoms with Crippen molar-refractivity contribution < 1.29 is 23.9 Å². The highest BCUT2D eigenvalue weighted by atomic mass is 79.9. The molecule has 0 saturated carbocycles. The first-order valence-electron chi connectivity index (χ1n) is 13.8. The van der Waals surface area contributed by atoms with Gasteiger partial charge in [-0.3, -0.25) is 4.79 Å². The van der Waals surface area contributed by atoms with Crippen molar-refractivity contribution in [3.8, 4) is 11.5 Å². The molecule has 0 aliphatic carbocycles. The van der Waals surface area contributed by atoms with Crippen molar-refractivity contribution in [3.05, 3.63) is 82.3 Å². The zero-order valence-electron chi connectivity index (χ0n) is 23.7. The SMILES string of the molecule is COc1cc2c(cc1OC)CN(C(=O)C(CCCCNC(=O)Nc1ccccc1)NC(=O)Nc1ccc(Br)cc1)CC2. The van der Waals surface area contributed by atoms with E-state index in [1.54, 1.807) is 31.3 Å². The first-order chi connectivity index (χ1) is 20.4. The Hall–Kier alpha value is -4.25. The fourth-order valence-corrected chi connectivity index (χ4v) is 5.04. The van der Waals surface area contributed by atoms with Crippen LogP contribution < -0.4 is 30.7 Å². The monoisotopic (exact) mass is 637 g/mol. The second kappa shape index (κ2) is 15.1. The van der Waals surface area contributed by atoms with Crippen LogP contribution in [0, 0.1) is 0 Å². The second-order valence-electron chi connectivity index (χ2n) is 9.89. The highest BCUT2D eigenvalue weighted by Crippen LogP contribution is 2.33. The molecule has 0 spiro atoms. The summed E-state index contributed by atoms with van der Waals surface area (Å²) < 4.78 is 11.8. The van der Waals surface area contributed by atoms with E-state index < -0.39 is 12.1 Å². The van der Waals surface area contributed by atoms with E-state index in [0.717, 1.165) is 15.6 Å². The Bertz CT molecular complexity index is 1370. The Morgan fingerprint density at radius 1 is 0.857 bits per heavy atom. The first kappa shape index (κ1) is 30.7. The number of methoxy groups -OCH3 is 2. The molecule has 0 fully saturated rings. The summed E-state index contributed by atoms with van der Waals surface area (Å²) in [4.78, 5) is 40.6. The Morgan fingerprint density at radius 2 is 1.50 bits per heavy atom. The lowest BCUT2D eigenvalue weighted by Gasteiger charge is -2.32. The van der Waals surface area contributed by atoms with Gasteiger partial charge in [-0.05, 0) is 85.3 Å². The third kappa shape index (κ3) is 8.62. The molecule has 1 unspecified atom stereocenters. The van der Waals surface area contributed by atoms with Crippen LogP contribution in [-0.4, -0.2) is 56.2 Å². The van der Waals surface area contributed by atoms with Crippen molar-refractivity contribution in [2.45, 2.75) is 38.3 Å². The van der Waals surface area contributed by atoms with E-state index in [4.69, 9.17) is 9.47 Å². The Morgan fingerprint density at radius 3 is 2.19 bits per heavy atom. The summed E-state index contributed by atoms with van der Waals surface area (Å²) >= 11 is 3.39. The van der Waals surface area contributed by atoms with Crippen LogP contribution in [0.4, 0.5) is 21.0 Å². The van der Waals surface area contributed by atoms with Gasteiger partial charge in [0.25, 0.3) is 0 Å². The molecule has 4 N–H and O–H groups in total. The van der Waals surface area contributed by atoms with Crippen molar-refractivity contribution in [2.75, 3.05) is 37.9 Å². The number of nitrogens with one attached hydrogen (secondary N) is 4. The number of hydrogen-bond donors (Lipinski definition) is 4. The number of carbonyl (C=O) groups excluding carboxylic acids is 3. The topological polar surface area (TPSA) is 121 Å². The normalized spacial score (nSPS) is 12.9. The minimum atomic E-state index is -0.736. The quantitative estimate of drug-likeness (QED) is 0.206. The molecule has 4 rings (SSSR count). The number of nitrogens with zero attached hydrogens (tertiary/aromatic N) is 1. The van der Waals surface area contributed by atoms with Gasteiger partial charge < -0.3 is 35.6 Å². The molecular formula is C31H36BrN5O5. The van der Waals surface area contributed by atoms with Gasteiger partial charge in [0, 0.05) is 35.5 Å². The fraction of sp³-hybridized carbons (Fsp3) is 0.323. The van der Waals surface area contributed by atoms with E-state index in [0.29, 0.717) is 68.2 Å². The smallest absolute Gasteiger partial charge is 0.319 e. The van der Waals surface area contributed by atoms with Gasteiger partial charge in [-0.25, -0.2) is 9.59 Å². The number of fused-ring (bicyclic) bond motifs is 1. The number of unbranched alkanes of at least 4 members (excludes halogenated alkanes) is 1. The average Bonchev–Trinajstić information content (AvgIpc) is 3.00. The first-order valence-corrected chi connectivity index (χ1v) is 14.6. The molecule has 11 heteroatoms. The van der Waals surface area contributed by atoms with Gasteiger partial charge in [0.15, 0.2) is 11.5 Å². The largest absolute Gasteiger partial charge is 0.493 e. The summed E-state index contributed by atoms with van der Waals surface area (Å²) in [5.41, 5.74) is 3.41. The number of rotatable bonds is 11. The number of halogens is 1. The number of anilines is 2. The lowest BCUT2D eigenvalue weighted by molar-refractivity contribution is -0.134. The Labute approximate surface area is 254 Å². The van der Waals surface area contributed by atoms with Crippen LogP contribution in [0.3, 0.4) is 0 Å². The van der Waals surface area contributed by atoms with Crippen LogP contribution in [0.1, 0.15) is 30.4 Å². The van der Waals surface area contributed by atoms with Gasteiger partial charge in [0.05, 0.1) is 14.2 Å². The van der Waals surface area contributed by atoms with Gasteiger partial charge in [0.1, 0.15) is 6.04 Å². The molecule has 1 aliphatic heterocycles. The van der Waals surface area contributed by atoms with Crippen molar-refractivity contribution in [1.82, 2.24) is 15.5 Å². The molecule has 5 amide bonds. The third-order valence-corrected chi connectivity index (χ3v) is 7.50. The van der Waals surface area contributed by atoms with Crippen molar-refractivity contribution >= 4 is 45.3 Å². The number of hydrogen-bond acceptors (Lipinski definition) is 5. The molecule has 1 atom stereocenters. The maximum absolute atomic E-state index is 13.7. The van der Waals surface area contributed by atoms with E-state index in [-0.39, 0.29) is 11.9 Å². The molecule has 0 aromatic heterocycles. The van der Waals surface area contributed by atoms with Gasteiger partial charge >= 0.3 is 12.1 Å². The van der Waals surface area contributed by atoms with Crippen LogP contribution in [0.5, 0.6) is 11.5 Å². The van der Waals surface area contributed by atoms with Gasteiger partial charge in [-0.2, -0.15) is 0 Å². The molecule has 42 heavy (non-hydrogen) atoms. The predicted octanol–water partition coefficient (Wildman–Crippen LogP) is 5.53. The molecule has 0 bridgehead atoms. The molecule has 10 nitrogen and oxygen atoms in total. The minimum absolute atomic E-state index is 0.156. The van der Waals surface area contributed by atoms with E-state index in [1.807, 2.05) is 54.6 Å². The molecule has 3 aromatic carbocycles. The van der Waals surface area contributed by atoms with Crippen LogP contribution in [0.2, 0.25) is 0 Å². The highest BCUT2D eigenvalue weighted by Gasteiger charge is 2.29. The molecule has 0 saturated heterocycles. The number of amides is 5. The molecule has 1 aliphatic rings. The fourth-order valence-electron chi connectivity index (χ4n) is 4.78. The number of urea groups is 2. The zero-order chi connectivity index (χ0) is 29.9. The predicted molar refractivity (Wildman–Crippen MR) is 166 cm³/mol. The van der Waals surface area contributed by atoms with Gasteiger partial charge in [-0.15, -0.1) is 0 Å². The number of ether oxygens (including phenoxy) is 2. The number of carbonyl (C=O) groups is 3. The summed E-state index contributed by atoms with van der Waals surface area (Å²) in [5.74, 6) is 1.11. The average molecular weight is 639 g/mol. The summed E-state index contributed by atoms with van der Waals surface area (Å²) in [7, 11) is 3.18. The maximum Gasteiger partial charge on any atom is 0.319 e.